The van der Waals surface area contributed by atoms with Crippen molar-refractivity contribution in [3.8, 4) is 12.1 Å². The third-order valence-electron chi connectivity index (χ3n) is 2.35. The molecule has 1 rings (SSSR count). The molecule has 0 aromatic carbocycles. The second kappa shape index (κ2) is 2.31. The fourth-order valence-corrected chi connectivity index (χ4v) is 1.18. The van der Waals surface area contributed by atoms with Crippen molar-refractivity contribution in [3.05, 3.63) is 0 Å². The van der Waals surface area contributed by atoms with Crippen molar-refractivity contribution in [2.45, 2.75) is 26.2 Å². The molecule has 0 radical (unpaired) electrons. The molecule has 0 bridgehead atoms. The van der Waals surface area contributed by atoms with Crippen molar-refractivity contribution in [1.82, 2.24) is 0 Å². The third kappa shape index (κ3) is 0.977. The average Bonchev–Trinajstić information content (AvgIpc) is 2.68. The molecule has 1 saturated carbocycles. The lowest BCUT2D eigenvalue weighted by molar-refractivity contribution is 0.428. The maximum atomic E-state index is 8.69. The minimum absolute atomic E-state index is 0.115. The minimum atomic E-state index is -0.115. The Morgan fingerprint density at radius 3 is 2.40 bits per heavy atom. The molecule has 1 aliphatic rings. The maximum absolute atomic E-state index is 8.69. The highest BCUT2D eigenvalue weighted by Crippen LogP contribution is 2.52. The number of nitriles is 2. The highest BCUT2D eigenvalue weighted by molar-refractivity contribution is 5.13. The summed E-state index contributed by atoms with van der Waals surface area (Å²) in [7, 11) is 0. The summed E-state index contributed by atoms with van der Waals surface area (Å²) in [6.07, 6.45) is 2.51. The average molecular weight is 134 g/mol. The predicted molar refractivity (Wildman–Crippen MR) is 36.7 cm³/mol. The maximum Gasteiger partial charge on any atom is 0.0692 e. The highest BCUT2D eigenvalue weighted by atomic mass is 14.5. The van der Waals surface area contributed by atoms with Gasteiger partial charge >= 0.3 is 0 Å². The summed E-state index contributed by atoms with van der Waals surface area (Å²) >= 11 is 0. The Hall–Kier alpha value is -1.02. The number of nitrogens with zero attached hydrogens (tertiary/aromatic N) is 2. The van der Waals surface area contributed by atoms with Gasteiger partial charge in [0.25, 0.3) is 0 Å². The summed E-state index contributed by atoms with van der Waals surface area (Å²) in [5, 5.41) is 17.1. The largest absolute Gasteiger partial charge is 0.198 e. The van der Waals surface area contributed by atoms with Gasteiger partial charge < -0.3 is 0 Å². The Kier molecular flexibility index (Phi) is 1.64. The molecule has 1 aliphatic carbocycles. The van der Waals surface area contributed by atoms with Gasteiger partial charge in [-0.25, -0.2) is 0 Å². The third-order valence-corrected chi connectivity index (χ3v) is 2.35. The van der Waals surface area contributed by atoms with Gasteiger partial charge in [-0.05, 0) is 18.8 Å². The van der Waals surface area contributed by atoms with Gasteiger partial charge in [0.1, 0.15) is 0 Å². The first-order valence-electron chi connectivity index (χ1n) is 3.53. The highest BCUT2D eigenvalue weighted by Gasteiger charge is 2.47. The Labute approximate surface area is 61.1 Å². The van der Waals surface area contributed by atoms with Crippen molar-refractivity contribution in [1.29, 1.82) is 10.5 Å². The van der Waals surface area contributed by atoms with E-state index in [0.29, 0.717) is 6.42 Å². The Morgan fingerprint density at radius 2 is 2.10 bits per heavy atom. The number of rotatable bonds is 2. The summed E-state index contributed by atoms with van der Waals surface area (Å²) in [5.41, 5.74) is -0.115. The molecule has 0 aliphatic heterocycles. The smallest absolute Gasteiger partial charge is 0.0692 e. The molecule has 2 heteroatoms. The first-order valence-corrected chi connectivity index (χ1v) is 3.53. The summed E-state index contributed by atoms with van der Waals surface area (Å²) in [4.78, 5) is 0. The molecule has 52 valence electrons. The van der Waals surface area contributed by atoms with E-state index in [0.717, 1.165) is 12.8 Å². The molecule has 1 atom stereocenters. The molecule has 0 N–H and O–H groups in total. The van der Waals surface area contributed by atoms with Crippen LogP contribution in [0.2, 0.25) is 0 Å². The van der Waals surface area contributed by atoms with E-state index in [1.165, 1.54) is 0 Å². The molecule has 2 nitrogen and oxygen atoms in total. The van der Waals surface area contributed by atoms with E-state index in [4.69, 9.17) is 10.5 Å². The van der Waals surface area contributed by atoms with Crippen molar-refractivity contribution >= 4 is 0 Å². The van der Waals surface area contributed by atoms with Crippen LogP contribution in [-0.4, -0.2) is 0 Å². The summed E-state index contributed by atoms with van der Waals surface area (Å²) in [6.45, 7) is 1.99. The van der Waals surface area contributed by atoms with E-state index in [1.54, 1.807) is 0 Å². The molecule has 10 heavy (non-hydrogen) atoms. The second-order valence-electron chi connectivity index (χ2n) is 3.03. The molecule has 0 saturated heterocycles. The van der Waals surface area contributed by atoms with Crippen molar-refractivity contribution < 1.29 is 0 Å². The zero-order valence-corrected chi connectivity index (χ0v) is 6.09. The molecule has 0 spiro atoms. The lowest BCUT2D eigenvalue weighted by Crippen LogP contribution is -2.09. The van der Waals surface area contributed by atoms with Crippen molar-refractivity contribution in [2.24, 2.45) is 11.3 Å². The van der Waals surface area contributed by atoms with Crippen LogP contribution >= 0.6 is 0 Å². The Bertz CT molecular complexity index is 202. The van der Waals surface area contributed by atoms with E-state index >= 15 is 0 Å². The van der Waals surface area contributed by atoms with Gasteiger partial charge in [-0.1, -0.05) is 6.92 Å². The molecular formula is C8H10N2. The SMILES string of the molecule is CC(CC#N)C1(C#N)CC1. The van der Waals surface area contributed by atoms with Crippen LogP contribution in [0.25, 0.3) is 0 Å². The van der Waals surface area contributed by atoms with Crippen LogP contribution in [0.5, 0.6) is 0 Å². The lowest BCUT2D eigenvalue weighted by atomic mass is 9.90. The topological polar surface area (TPSA) is 47.6 Å². The summed E-state index contributed by atoms with van der Waals surface area (Å²) < 4.78 is 0. The van der Waals surface area contributed by atoms with Gasteiger partial charge in [-0.15, -0.1) is 0 Å². The molecule has 1 unspecified atom stereocenters. The van der Waals surface area contributed by atoms with Crippen LogP contribution < -0.4 is 0 Å². The van der Waals surface area contributed by atoms with Crippen LogP contribution in [0.15, 0.2) is 0 Å². The standard InChI is InChI=1S/C8H10N2/c1-7(2-5-9)8(6-10)3-4-8/h7H,2-4H2,1H3. The van der Waals surface area contributed by atoms with Gasteiger partial charge in [-0.2, -0.15) is 10.5 Å². The molecule has 1 fully saturated rings. The van der Waals surface area contributed by atoms with Crippen LogP contribution in [0, 0.1) is 34.0 Å². The van der Waals surface area contributed by atoms with Gasteiger partial charge in [0, 0.05) is 6.42 Å². The van der Waals surface area contributed by atoms with Gasteiger partial charge in [0.05, 0.1) is 17.6 Å². The van der Waals surface area contributed by atoms with Crippen molar-refractivity contribution in [2.75, 3.05) is 0 Å². The van der Waals surface area contributed by atoms with Crippen LogP contribution in [0.4, 0.5) is 0 Å². The predicted octanol–water partition coefficient (Wildman–Crippen LogP) is 1.84. The summed E-state index contributed by atoms with van der Waals surface area (Å²) in [6, 6.07) is 4.38. The fraction of sp³-hybridized carbons (Fsp3) is 0.750. The van der Waals surface area contributed by atoms with E-state index in [1.807, 2.05) is 6.92 Å². The summed E-state index contributed by atoms with van der Waals surface area (Å²) in [5.74, 6) is 0.266. The zero-order chi connectivity index (χ0) is 7.61. The van der Waals surface area contributed by atoms with E-state index in [-0.39, 0.29) is 11.3 Å². The Balaban J connectivity index is 2.51. The van der Waals surface area contributed by atoms with Gasteiger partial charge in [-0.3, -0.25) is 0 Å². The molecule has 0 aromatic rings. The lowest BCUT2D eigenvalue weighted by Gasteiger charge is -2.10. The van der Waals surface area contributed by atoms with Crippen LogP contribution in [0.3, 0.4) is 0 Å². The zero-order valence-electron chi connectivity index (χ0n) is 6.09. The second-order valence-corrected chi connectivity index (χ2v) is 3.03. The van der Waals surface area contributed by atoms with E-state index in [2.05, 4.69) is 12.1 Å². The molecular weight excluding hydrogens is 124 g/mol. The minimum Gasteiger partial charge on any atom is -0.198 e. The van der Waals surface area contributed by atoms with E-state index in [9.17, 15) is 0 Å². The van der Waals surface area contributed by atoms with Crippen LogP contribution in [-0.2, 0) is 0 Å². The fourth-order valence-electron chi connectivity index (χ4n) is 1.18. The quantitative estimate of drug-likeness (QED) is 0.578. The van der Waals surface area contributed by atoms with Crippen LogP contribution in [0.1, 0.15) is 26.2 Å². The number of hydrogen-bond donors (Lipinski definition) is 0. The monoisotopic (exact) mass is 134 g/mol. The van der Waals surface area contributed by atoms with Crippen molar-refractivity contribution in [3.63, 3.8) is 0 Å². The normalized spacial score (nSPS) is 22.3. The Morgan fingerprint density at radius 1 is 1.50 bits per heavy atom. The van der Waals surface area contributed by atoms with E-state index < -0.39 is 0 Å². The number of hydrogen-bond acceptors (Lipinski definition) is 2. The first-order chi connectivity index (χ1) is 4.75. The molecule has 0 amide bonds. The van der Waals surface area contributed by atoms with Gasteiger partial charge in [0.15, 0.2) is 0 Å². The molecule has 0 heterocycles. The van der Waals surface area contributed by atoms with Gasteiger partial charge in [0.2, 0.25) is 0 Å². The molecule has 0 aromatic heterocycles. The first kappa shape index (κ1) is 7.09.